The molecule has 3 aromatic rings. The highest BCUT2D eigenvalue weighted by atomic mass is 32.2. The number of sulfonamides is 1. The van der Waals surface area contributed by atoms with Gasteiger partial charge in [-0.3, -0.25) is 19.4 Å². The molecule has 0 aliphatic carbocycles. The molecule has 2 heterocycles. The van der Waals surface area contributed by atoms with Gasteiger partial charge in [0.1, 0.15) is 11.5 Å². The summed E-state index contributed by atoms with van der Waals surface area (Å²) in [5.74, 6) is 0.884. The van der Waals surface area contributed by atoms with Gasteiger partial charge in [-0.1, -0.05) is 12.1 Å². The van der Waals surface area contributed by atoms with Crippen molar-refractivity contribution in [3.05, 3.63) is 60.3 Å². The number of fused-ring (bicyclic) bond motifs is 1. The number of ether oxygens (including phenoxy) is 2. The number of carbonyl (C=O) groups excluding carboxylic acids is 1. The lowest BCUT2D eigenvalue weighted by Gasteiger charge is -2.32. The second-order valence-electron chi connectivity index (χ2n) is 9.17. The minimum absolute atomic E-state index is 0.220. The Morgan fingerprint density at radius 3 is 2.78 bits per heavy atom. The van der Waals surface area contributed by atoms with Crippen LogP contribution in [0.1, 0.15) is 18.0 Å². The van der Waals surface area contributed by atoms with Crippen molar-refractivity contribution in [3.63, 3.8) is 0 Å². The Morgan fingerprint density at radius 2 is 2.08 bits per heavy atom. The molecule has 0 radical (unpaired) electrons. The first kappa shape index (κ1) is 26.6. The first-order valence-corrected chi connectivity index (χ1v) is 13.8. The number of hydrogen-bond acceptors (Lipinski definition) is 8. The van der Waals surface area contributed by atoms with Crippen LogP contribution in [0.5, 0.6) is 11.5 Å². The zero-order valence-electron chi connectivity index (χ0n) is 21.1. The van der Waals surface area contributed by atoms with Crippen molar-refractivity contribution in [3.8, 4) is 11.5 Å². The van der Waals surface area contributed by atoms with E-state index in [2.05, 4.69) is 14.6 Å². The number of β-amino-alcohol motifs (C(OH)–C–C–N with tert-alkyl or cyclic N) is 1. The molecule has 2 N–H and O–H groups in total. The van der Waals surface area contributed by atoms with E-state index in [1.54, 1.807) is 49.5 Å². The summed E-state index contributed by atoms with van der Waals surface area (Å²) in [6, 6.07) is 14.0. The lowest BCUT2D eigenvalue weighted by Crippen LogP contribution is -2.41. The quantitative estimate of drug-likeness (QED) is 0.411. The summed E-state index contributed by atoms with van der Waals surface area (Å²) < 4.78 is 37.2. The maximum absolute atomic E-state index is 13.3. The minimum Gasteiger partial charge on any atom is -0.497 e. The van der Waals surface area contributed by atoms with Gasteiger partial charge in [0.15, 0.2) is 6.61 Å². The Balaban J connectivity index is 1.53. The molecule has 2 atom stereocenters. The van der Waals surface area contributed by atoms with E-state index in [-0.39, 0.29) is 24.7 Å². The average molecular weight is 529 g/mol. The number of pyridine rings is 1. The smallest absolute Gasteiger partial charge is 0.260 e. The number of nitrogens with zero attached hydrogens (tertiary/aromatic N) is 3. The normalized spacial score (nSPS) is 16.9. The molecule has 0 spiro atoms. The second kappa shape index (κ2) is 11.3. The predicted octanol–water partition coefficient (Wildman–Crippen LogP) is 2.26. The molecule has 4 rings (SSSR count). The van der Waals surface area contributed by atoms with E-state index in [1.165, 1.54) is 0 Å². The number of benzene rings is 2. The number of likely N-dealkylation sites (tertiary alicyclic amines) is 1. The van der Waals surface area contributed by atoms with E-state index in [0.717, 1.165) is 18.4 Å². The van der Waals surface area contributed by atoms with Crippen LogP contribution in [0, 0.1) is 0 Å². The number of methoxy groups -OCH3 is 1. The van der Waals surface area contributed by atoms with Gasteiger partial charge < -0.3 is 19.5 Å². The number of aromatic nitrogens is 1. The number of aliphatic hydroxyl groups is 1. The Morgan fingerprint density at radius 1 is 1.27 bits per heavy atom. The van der Waals surface area contributed by atoms with E-state index in [9.17, 15) is 18.3 Å². The Kier molecular flexibility index (Phi) is 8.16. The fraction of sp³-hybridized carbons (Fsp3) is 0.385. The molecular formula is C26H32N4O6S. The number of aliphatic hydroxyl groups excluding tert-OH is 1. The number of amides is 1. The highest BCUT2D eigenvalue weighted by Gasteiger charge is 2.28. The standard InChI is InChI=1S/C26H32N4O6S/c1-29(23(16-30-13-11-19(31)15-30)18-6-4-7-20(14-18)35-2)25(32)17-36-24-10-9-22(28-37(3,33)34)26-21(24)8-5-12-27-26/h4-10,12,14,19,23,28,31H,11,13,15-17H2,1-3H3/t19-,23+/m0/s1. The van der Waals surface area contributed by atoms with Gasteiger partial charge in [0.25, 0.3) is 5.91 Å². The predicted molar refractivity (Wildman–Crippen MR) is 141 cm³/mol. The van der Waals surface area contributed by atoms with Crippen molar-refractivity contribution in [1.82, 2.24) is 14.8 Å². The number of anilines is 1. The summed E-state index contributed by atoms with van der Waals surface area (Å²) in [6.07, 6.45) is 2.98. The molecule has 10 nitrogen and oxygen atoms in total. The van der Waals surface area contributed by atoms with Crippen LogP contribution < -0.4 is 14.2 Å². The first-order chi connectivity index (χ1) is 17.6. The van der Waals surface area contributed by atoms with Crippen molar-refractivity contribution in [2.75, 3.05) is 51.4 Å². The highest BCUT2D eigenvalue weighted by molar-refractivity contribution is 7.92. The summed E-state index contributed by atoms with van der Waals surface area (Å²) in [6.45, 7) is 1.66. The number of likely N-dealkylation sites (N-methyl/N-ethyl adjacent to an activating group) is 1. The SMILES string of the molecule is COc1cccc([C@@H](CN2CC[C@H](O)C2)N(C)C(=O)COc2ccc(NS(C)(=O)=O)c3ncccc23)c1. The maximum atomic E-state index is 13.3. The zero-order valence-corrected chi connectivity index (χ0v) is 21.9. The fourth-order valence-electron chi connectivity index (χ4n) is 4.49. The van der Waals surface area contributed by atoms with Gasteiger partial charge in [-0.2, -0.15) is 0 Å². The summed E-state index contributed by atoms with van der Waals surface area (Å²) in [4.78, 5) is 21.4. The van der Waals surface area contributed by atoms with E-state index in [1.807, 2.05) is 24.3 Å². The summed E-state index contributed by atoms with van der Waals surface area (Å²) in [7, 11) is -0.155. The molecular weight excluding hydrogens is 496 g/mol. The molecule has 1 fully saturated rings. The van der Waals surface area contributed by atoms with E-state index >= 15 is 0 Å². The Bertz CT molecular complexity index is 1370. The maximum Gasteiger partial charge on any atom is 0.260 e. The lowest BCUT2D eigenvalue weighted by atomic mass is 10.0. The van der Waals surface area contributed by atoms with Gasteiger partial charge in [0.2, 0.25) is 10.0 Å². The Hall–Kier alpha value is -3.41. The van der Waals surface area contributed by atoms with Crippen LogP contribution in [0.15, 0.2) is 54.7 Å². The van der Waals surface area contributed by atoms with Crippen LogP contribution in [0.3, 0.4) is 0 Å². The van der Waals surface area contributed by atoms with Gasteiger partial charge in [0, 0.05) is 38.3 Å². The molecule has 11 heteroatoms. The fourth-order valence-corrected chi connectivity index (χ4v) is 5.06. The minimum atomic E-state index is -3.49. The zero-order chi connectivity index (χ0) is 26.6. The molecule has 0 bridgehead atoms. The van der Waals surface area contributed by atoms with Crippen LogP contribution in [-0.4, -0.2) is 87.0 Å². The van der Waals surface area contributed by atoms with E-state index in [0.29, 0.717) is 47.6 Å². The number of carbonyl (C=O) groups is 1. The highest BCUT2D eigenvalue weighted by Crippen LogP contribution is 2.31. The molecule has 37 heavy (non-hydrogen) atoms. The summed E-state index contributed by atoms with van der Waals surface area (Å²) in [5.41, 5.74) is 1.68. The van der Waals surface area contributed by atoms with Gasteiger partial charge in [-0.05, 0) is 48.4 Å². The third-order valence-electron chi connectivity index (χ3n) is 6.39. The molecule has 1 aliphatic rings. The van der Waals surface area contributed by atoms with Crippen molar-refractivity contribution in [2.24, 2.45) is 0 Å². The molecule has 198 valence electrons. The van der Waals surface area contributed by atoms with Crippen molar-refractivity contribution in [1.29, 1.82) is 0 Å². The van der Waals surface area contributed by atoms with E-state index < -0.39 is 10.0 Å². The molecule has 1 amide bonds. The van der Waals surface area contributed by atoms with Crippen molar-refractivity contribution in [2.45, 2.75) is 18.6 Å². The third kappa shape index (κ3) is 6.68. The van der Waals surface area contributed by atoms with Crippen LogP contribution in [0.25, 0.3) is 10.9 Å². The van der Waals surface area contributed by atoms with E-state index in [4.69, 9.17) is 9.47 Å². The molecule has 1 aromatic heterocycles. The van der Waals surface area contributed by atoms with Gasteiger partial charge in [-0.15, -0.1) is 0 Å². The van der Waals surface area contributed by atoms with Gasteiger partial charge in [-0.25, -0.2) is 8.42 Å². The largest absolute Gasteiger partial charge is 0.497 e. The van der Waals surface area contributed by atoms with Gasteiger partial charge >= 0.3 is 0 Å². The van der Waals surface area contributed by atoms with Crippen LogP contribution in [0.4, 0.5) is 5.69 Å². The summed E-state index contributed by atoms with van der Waals surface area (Å²) >= 11 is 0. The average Bonchev–Trinajstić information content (AvgIpc) is 3.30. The second-order valence-corrected chi connectivity index (χ2v) is 10.9. The van der Waals surface area contributed by atoms with Crippen LogP contribution in [-0.2, 0) is 14.8 Å². The van der Waals surface area contributed by atoms with Crippen molar-refractivity contribution < 1.29 is 27.8 Å². The Labute approximate surface area is 216 Å². The van der Waals surface area contributed by atoms with Crippen molar-refractivity contribution >= 4 is 32.5 Å². The molecule has 0 saturated carbocycles. The van der Waals surface area contributed by atoms with Gasteiger partial charge in [0.05, 0.1) is 36.7 Å². The summed E-state index contributed by atoms with van der Waals surface area (Å²) in [5, 5.41) is 10.6. The van der Waals surface area contributed by atoms with Crippen LogP contribution >= 0.6 is 0 Å². The lowest BCUT2D eigenvalue weighted by molar-refractivity contribution is -0.134. The molecule has 1 aliphatic heterocycles. The molecule has 0 unspecified atom stereocenters. The topological polar surface area (TPSA) is 121 Å². The van der Waals surface area contributed by atoms with Crippen LogP contribution in [0.2, 0.25) is 0 Å². The number of rotatable bonds is 10. The number of nitrogens with one attached hydrogen (secondary N) is 1. The molecule has 1 saturated heterocycles. The third-order valence-corrected chi connectivity index (χ3v) is 6.98. The molecule has 2 aromatic carbocycles. The number of hydrogen-bond donors (Lipinski definition) is 2. The first-order valence-electron chi connectivity index (χ1n) is 11.9. The monoisotopic (exact) mass is 528 g/mol.